The van der Waals surface area contributed by atoms with E-state index in [2.05, 4.69) is 26.0 Å². The molecule has 1 amide bonds. The van der Waals surface area contributed by atoms with Crippen molar-refractivity contribution in [1.29, 1.82) is 0 Å². The summed E-state index contributed by atoms with van der Waals surface area (Å²) in [6, 6.07) is 13.9. The number of para-hydroxylation sites is 1. The molecule has 0 aromatic heterocycles. The van der Waals surface area contributed by atoms with Gasteiger partial charge < -0.3 is 14.2 Å². The SMILES string of the molecule is CCC(C)c1ccccc1OCCCOc1ccc(/C=C2/SC(=S)N(CC)C2=O)cc1OC. The number of likely N-dealkylation sites (N-methyl/N-ethyl adjacent to an activating group) is 1. The fourth-order valence-corrected chi connectivity index (χ4v) is 4.86. The molecule has 2 aromatic rings. The van der Waals surface area contributed by atoms with Crippen molar-refractivity contribution >= 4 is 40.3 Å². The first-order valence-electron chi connectivity index (χ1n) is 11.3. The third kappa shape index (κ3) is 6.30. The molecule has 0 aliphatic carbocycles. The Morgan fingerprint density at radius 1 is 1.06 bits per heavy atom. The lowest BCUT2D eigenvalue weighted by molar-refractivity contribution is -0.121. The minimum Gasteiger partial charge on any atom is -0.493 e. The van der Waals surface area contributed by atoms with Crippen LogP contribution in [-0.4, -0.2) is 42.0 Å². The Morgan fingerprint density at radius 3 is 2.45 bits per heavy atom. The van der Waals surface area contributed by atoms with E-state index in [4.69, 9.17) is 26.4 Å². The predicted octanol–water partition coefficient (Wildman–Crippen LogP) is 6.28. The number of ether oxygens (including phenoxy) is 3. The number of carbonyl (C=O) groups excluding carboxylic acids is 1. The molecule has 0 radical (unpaired) electrons. The monoisotopic (exact) mass is 485 g/mol. The fraction of sp³-hybridized carbons (Fsp3) is 0.385. The molecule has 1 saturated heterocycles. The summed E-state index contributed by atoms with van der Waals surface area (Å²) < 4.78 is 18.1. The van der Waals surface area contributed by atoms with E-state index in [0.29, 0.717) is 46.4 Å². The Hall–Kier alpha value is -2.51. The molecule has 1 aliphatic heterocycles. The van der Waals surface area contributed by atoms with Gasteiger partial charge in [0, 0.05) is 13.0 Å². The molecule has 1 atom stereocenters. The quantitative estimate of drug-likeness (QED) is 0.212. The van der Waals surface area contributed by atoms with Crippen LogP contribution in [0.15, 0.2) is 47.4 Å². The van der Waals surface area contributed by atoms with Crippen LogP contribution >= 0.6 is 24.0 Å². The molecule has 1 aliphatic rings. The van der Waals surface area contributed by atoms with Crippen LogP contribution in [-0.2, 0) is 4.79 Å². The Labute approximate surface area is 206 Å². The normalized spacial score (nSPS) is 15.8. The van der Waals surface area contributed by atoms with Gasteiger partial charge in [-0.2, -0.15) is 0 Å². The van der Waals surface area contributed by atoms with Gasteiger partial charge in [-0.05, 0) is 54.7 Å². The molecular weight excluding hydrogens is 454 g/mol. The maximum Gasteiger partial charge on any atom is 0.266 e. The van der Waals surface area contributed by atoms with Gasteiger partial charge in [-0.3, -0.25) is 9.69 Å². The van der Waals surface area contributed by atoms with Crippen molar-refractivity contribution in [3.05, 3.63) is 58.5 Å². The molecule has 1 heterocycles. The first-order valence-corrected chi connectivity index (χ1v) is 12.5. The summed E-state index contributed by atoms with van der Waals surface area (Å²) in [7, 11) is 1.61. The topological polar surface area (TPSA) is 48.0 Å². The van der Waals surface area contributed by atoms with E-state index in [1.807, 2.05) is 43.3 Å². The van der Waals surface area contributed by atoms with Gasteiger partial charge in [-0.1, -0.05) is 62.1 Å². The van der Waals surface area contributed by atoms with Gasteiger partial charge in [0.2, 0.25) is 0 Å². The van der Waals surface area contributed by atoms with Gasteiger partial charge in [0.05, 0.1) is 25.2 Å². The summed E-state index contributed by atoms with van der Waals surface area (Å²) in [5.41, 5.74) is 2.11. The molecule has 1 fully saturated rings. The Balaban J connectivity index is 1.56. The lowest BCUT2D eigenvalue weighted by atomic mass is 9.98. The summed E-state index contributed by atoms with van der Waals surface area (Å²) in [4.78, 5) is 14.7. The maximum absolute atomic E-state index is 12.4. The molecule has 5 nitrogen and oxygen atoms in total. The van der Waals surface area contributed by atoms with Crippen LogP contribution < -0.4 is 14.2 Å². The minimum atomic E-state index is -0.0540. The third-order valence-electron chi connectivity index (χ3n) is 5.54. The van der Waals surface area contributed by atoms with E-state index in [-0.39, 0.29) is 5.91 Å². The Morgan fingerprint density at radius 2 is 1.79 bits per heavy atom. The van der Waals surface area contributed by atoms with Crippen LogP contribution in [0.2, 0.25) is 0 Å². The van der Waals surface area contributed by atoms with Crippen molar-refractivity contribution in [2.45, 2.75) is 39.5 Å². The highest BCUT2D eigenvalue weighted by atomic mass is 32.2. The van der Waals surface area contributed by atoms with Crippen molar-refractivity contribution in [2.24, 2.45) is 0 Å². The number of rotatable bonds is 11. The molecular formula is C26H31NO4S2. The van der Waals surface area contributed by atoms with Gasteiger partial charge in [-0.15, -0.1) is 0 Å². The zero-order valence-electron chi connectivity index (χ0n) is 19.6. The van der Waals surface area contributed by atoms with E-state index in [1.54, 1.807) is 12.0 Å². The van der Waals surface area contributed by atoms with Crippen LogP contribution in [0.5, 0.6) is 17.2 Å². The van der Waals surface area contributed by atoms with Gasteiger partial charge in [0.25, 0.3) is 5.91 Å². The highest BCUT2D eigenvalue weighted by molar-refractivity contribution is 8.26. The molecule has 7 heteroatoms. The van der Waals surface area contributed by atoms with Crippen molar-refractivity contribution in [1.82, 2.24) is 4.90 Å². The van der Waals surface area contributed by atoms with Crippen molar-refractivity contribution in [3.8, 4) is 17.2 Å². The van der Waals surface area contributed by atoms with Crippen LogP contribution in [0.3, 0.4) is 0 Å². The average Bonchev–Trinajstić information content (AvgIpc) is 3.10. The molecule has 1 unspecified atom stereocenters. The summed E-state index contributed by atoms with van der Waals surface area (Å²) in [5.74, 6) is 2.64. The number of methoxy groups -OCH3 is 1. The number of amides is 1. The maximum atomic E-state index is 12.4. The Kier molecular flexibility index (Phi) is 9.21. The van der Waals surface area contributed by atoms with Crippen molar-refractivity contribution in [3.63, 3.8) is 0 Å². The molecule has 3 rings (SSSR count). The number of hydrogen-bond acceptors (Lipinski definition) is 6. The second-order valence-electron chi connectivity index (χ2n) is 7.73. The average molecular weight is 486 g/mol. The van der Waals surface area contributed by atoms with E-state index in [0.717, 1.165) is 24.2 Å². The van der Waals surface area contributed by atoms with Crippen LogP contribution in [0.1, 0.15) is 50.7 Å². The van der Waals surface area contributed by atoms with Crippen molar-refractivity contribution < 1.29 is 19.0 Å². The molecule has 0 spiro atoms. The number of carbonyl (C=O) groups is 1. The van der Waals surface area contributed by atoms with E-state index >= 15 is 0 Å². The van der Waals surface area contributed by atoms with Crippen LogP contribution in [0, 0.1) is 0 Å². The molecule has 0 saturated carbocycles. The van der Waals surface area contributed by atoms with Gasteiger partial charge in [-0.25, -0.2) is 0 Å². The number of nitrogens with zero attached hydrogens (tertiary/aromatic N) is 1. The highest BCUT2D eigenvalue weighted by Gasteiger charge is 2.30. The molecule has 2 aromatic carbocycles. The smallest absolute Gasteiger partial charge is 0.266 e. The Bertz CT molecular complexity index is 1020. The van der Waals surface area contributed by atoms with Gasteiger partial charge >= 0.3 is 0 Å². The minimum absolute atomic E-state index is 0.0540. The van der Waals surface area contributed by atoms with E-state index in [1.165, 1.54) is 17.3 Å². The predicted molar refractivity (Wildman–Crippen MR) is 139 cm³/mol. The van der Waals surface area contributed by atoms with E-state index in [9.17, 15) is 4.79 Å². The number of benzene rings is 2. The van der Waals surface area contributed by atoms with Crippen LogP contribution in [0.25, 0.3) is 6.08 Å². The van der Waals surface area contributed by atoms with Crippen molar-refractivity contribution in [2.75, 3.05) is 26.9 Å². The summed E-state index contributed by atoms with van der Waals surface area (Å²) in [5, 5.41) is 0. The zero-order valence-corrected chi connectivity index (χ0v) is 21.3. The molecule has 0 N–H and O–H groups in total. The second-order valence-corrected chi connectivity index (χ2v) is 9.41. The summed E-state index contributed by atoms with van der Waals surface area (Å²) in [6.07, 6.45) is 3.66. The zero-order chi connectivity index (χ0) is 23.8. The molecule has 0 bridgehead atoms. The second kappa shape index (κ2) is 12.1. The first-order chi connectivity index (χ1) is 16.0. The molecule has 33 heavy (non-hydrogen) atoms. The van der Waals surface area contributed by atoms with Gasteiger partial charge in [0.15, 0.2) is 11.5 Å². The largest absolute Gasteiger partial charge is 0.493 e. The first kappa shape index (κ1) is 25.1. The fourth-order valence-electron chi connectivity index (χ4n) is 3.48. The lowest BCUT2D eigenvalue weighted by Gasteiger charge is -2.16. The van der Waals surface area contributed by atoms with E-state index < -0.39 is 0 Å². The number of thioether (sulfide) groups is 1. The summed E-state index contributed by atoms with van der Waals surface area (Å²) in [6.45, 7) is 7.98. The highest BCUT2D eigenvalue weighted by Crippen LogP contribution is 2.34. The number of thiocarbonyl (C=S) groups is 1. The standard InChI is InChI=1S/C26H31NO4S2/c1-5-18(3)20-10-7-8-11-21(20)30-14-9-15-31-22-13-12-19(16-23(22)29-4)17-24-25(28)27(6-2)26(32)33-24/h7-8,10-13,16-18H,5-6,9,14-15H2,1-4H3/b24-17+. The summed E-state index contributed by atoms with van der Waals surface area (Å²) >= 11 is 6.60. The van der Waals surface area contributed by atoms with Gasteiger partial charge in [0.1, 0.15) is 10.1 Å². The van der Waals surface area contributed by atoms with Crippen LogP contribution in [0.4, 0.5) is 0 Å². The lowest BCUT2D eigenvalue weighted by Crippen LogP contribution is -2.27. The molecule has 176 valence electrons. The number of hydrogen-bond donors (Lipinski definition) is 0. The third-order valence-corrected chi connectivity index (χ3v) is 6.92.